The van der Waals surface area contributed by atoms with Crippen molar-refractivity contribution >= 4 is 11.6 Å². The van der Waals surface area contributed by atoms with Gasteiger partial charge in [0.25, 0.3) is 0 Å². The zero-order valence-electron chi connectivity index (χ0n) is 13.4. The molecule has 0 saturated carbocycles. The third kappa shape index (κ3) is 4.21. The highest BCUT2D eigenvalue weighted by molar-refractivity contribution is 5.79. The van der Waals surface area contributed by atoms with Gasteiger partial charge in [0.05, 0.1) is 0 Å². The average Bonchev–Trinajstić information content (AvgIpc) is 2.52. The number of hydrogen-bond acceptors (Lipinski definition) is 3. The van der Waals surface area contributed by atoms with E-state index in [9.17, 15) is 4.79 Å². The molecule has 4 nitrogen and oxygen atoms in total. The third-order valence-electron chi connectivity index (χ3n) is 4.08. The summed E-state index contributed by atoms with van der Waals surface area (Å²) in [6.07, 6.45) is 0. The molecular weight excluding hydrogens is 262 g/mol. The number of nitrogens with zero attached hydrogens (tertiary/aromatic N) is 2. The summed E-state index contributed by atoms with van der Waals surface area (Å²) < 4.78 is 0. The second kappa shape index (κ2) is 7.46. The molecule has 1 unspecified atom stereocenters. The van der Waals surface area contributed by atoms with E-state index in [4.69, 9.17) is 0 Å². The first-order chi connectivity index (χ1) is 10.1. The lowest BCUT2D eigenvalue weighted by atomic mass is 10.1. The summed E-state index contributed by atoms with van der Waals surface area (Å²) in [5.41, 5.74) is 2.55. The summed E-state index contributed by atoms with van der Waals surface area (Å²) >= 11 is 0. The molecule has 1 N–H and O–H groups in total. The van der Waals surface area contributed by atoms with E-state index in [-0.39, 0.29) is 11.8 Å². The van der Waals surface area contributed by atoms with Crippen molar-refractivity contribution in [3.8, 4) is 0 Å². The largest absolute Gasteiger partial charge is 0.368 e. The van der Waals surface area contributed by atoms with Gasteiger partial charge in [-0.25, -0.2) is 0 Å². The number of anilines is 1. The molecule has 0 bridgehead atoms. The van der Waals surface area contributed by atoms with Crippen LogP contribution in [-0.4, -0.2) is 50.1 Å². The maximum Gasteiger partial charge on any atom is 0.226 e. The fourth-order valence-electron chi connectivity index (χ4n) is 2.77. The van der Waals surface area contributed by atoms with Crippen molar-refractivity contribution in [1.82, 2.24) is 10.2 Å². The number of amides is 1. The van der Waals surface area contributed by atoms with Crippen molar-refractivity contribution in [2.75, 3.05) is 44.2 Å². The van der Waals surface area contributed by atoms with E-state index in [1.54, 1.807) is 0 Å². The van der Waals surface area contributed by atoms with Crippen LogP contribution >= 0.6 is 0 Å². The summed E-state index contributed by atoms with van der Waals surface area (Å²) in [4.78, 5) is 16.7. The number of rotatable bonds is 5. The molecular formula is C17H27N3O. The minimum absolute atomic E-state index is 0.0652. The Morgan fingerprint density at radius 3 is 2.62 bits per heavy atom. The van der Waals surface area contributed by atoms with Gasteiger partial charge in [-0.1, -0.05) is 26.0 Å². The van der Waals surface area contributed by atoms with E-state index in [1.165, 1.54) is 11.3 Å². The lowest BCUT2D eigenvalue weighted by Crippen LogP contribution is -2.51. The highest BCUT2D eigenvalue weighted by atomic mass is 16.2. The van der Waals surface area contributed by atoms with Gasteiger partial charge in [-0.05, 0) is 31.2 Å². The van der Waals surface area contributed by atoms with Crippen molar-refractivity contribution in [3.05, 3.63) is 29.8 Å². The summed E-state index contributed by atoms with van der Waals surface area (Å²) in [5.74, 6) is 0.343. The highest BCUT2D eigenvalue weighted by Gasteiger charge is 2.24. The average molecular weight is 289 g/mol. The second-order valence-electron chi connectivity index (χ2n) is 5.86. The van der Waals surface area contributed by atoms with Crippen molar-refractivity contribution in [2.45, 2.75) is 20.8 Å². The third-order valence-corrected chi connectivity index (χ3v) is 4.08. The first-order valence-corrected chi connectivity index (χ1v) is 7.93. The van der Waals surface area contributed by atoms with Gasteiger partial charge < -0.3 is 15.1 Å². The Hall–Kier alpha value is -1.55. The molecule has 1 aromatic rings. The number of carbonyl (C=O) groups excluding carboxylic acids is 1. The Morgan fingerprint density at radius 2 is 2.00 bits per heavy atom. The SMILES string of the molecule is CCNCC(C)C(=O)N1CCN(c2cccc(C)c2)CC1. The van der Waals surface area contributed by atoms with Gasteiger partial charge in [0.1, 0.15) is 0 Å². The Labute approximate surface area is 128 Å². The van der Waals surface area contributed by atoms with Gasteiger partial charge in [-0.2, -0.15) is 0 Å². The molecule has 0 aliphatic carbocycles. The second-order valence-corrected chi connectivity index (χ2v) is 5.86. The van der Waals surface area contributed by atoms with Gasteiger partial charge >= 0.3 is 0 Å². The number of aryl methyl sites for hydroxylation is 1. The zero-order chi connectivity index (χ0) is 15.2. The monoisotopic (exact) mass is 289 g/mol. The first kappa shape index (κ1) is 15.8. The van der Waals surface area contributed by atoms with E-state index in [0.29, 0.717) is 0 Å². The molecule has 116 valence electrons. The maximum absolute atomic E-state index is 12.4. The van der Waals surface area contributed by atoms with Crippen LogP contribution in [0.4, 0.5) is 5.69 Å². The van der Waals surface area contributed by atoms with Gasteiger partial charge in [-0.15, -0.1) is 0 Å². The molecule has 1 atom stereocenters. The van der Waals surface area contributed by atoms with Crippen LogP contribution in [0.1, 0.15) is 19.4 Å². The van der Waals surface area contributed by atoms with Gasteiger partial charge in [0, 0.05) is 44.3 Å². The van der Waals surface area contributed by atoms with Crippen LogP contribution in [0, 0.1) is 12.8 Å². The van der Waals surface area contributed by atoms with Gasteiger partial charge in [-0.3, -0.25) is 4.79 Å². The molecule has 1 aliphatic heterocycles. The molecule has 1 heterocycles. The Bertz CT molecular complexity index is 467. The predicted molar refractivity (Wildman–Crippen MR) is 87.7 cm³/mol. The lowest BCUT2D eigenvalue weighted by molar-refractivity contribution is -0.135. The Kier molecular flexibility index (Phi) is 5.62. The molecule has 2 rings (SSSR count). The Balaban J connectivity index is 1.87. The number of piperazine rings is 1. The van der Waals surface area contributed by atoms with Crippen LogP contribution in [0.2, 0.25) is 0 Å². The predicted octanol–water partition coefficient (Wildman–Crippen LogP) is 1.89. The standard InChI is InChI=1S/C17H27N3O/c1-4-18-13-15(3)17(21)20-10-8-19(9-11-20)16-7-5-6-14(2)12-16/h5-7,12,15,18H,4,8-11,13H2,1-3H3. The minimum Gasteiger partial charge on any atom is -0.368 e. The Morgan fingerprint density at radius 1 is 1.29 bits per heavy atom. The molecule has 1 saturated heterocycles. The van der Waals surface area contributed by atoms with Gasteiger partial charge in [0.2, 0.25) is 5.91 Å². The van der Waals surface area contributed by atoms with Crippen LogP contribution in [0.3, 0.4) is 0 Å². The number of nitrogens with one attached hydrogen (secondary N) is 1. The molecule has 21 heavy (non-hydrogen) atoms. The molecule has 0 aromatic heterocycles. The summed E-state index contributed by atoms with van der Waals surface area (Å²) in [6, 6.07) is 8.58. The van der Waals surface area contributed by atoms with E-state index in [1.807, 2.05) is 11.8 Å². The van der Waals surface area contributed by atoms with E-state index >= 15 is 0 Å². The number of hydrogen-bond donors (Lipinski definition) is 1. The van der Waals surface area contributed by atoms with Crippen LogP contribution in [0.15, 0.2) is 24.3 Å². The smallest absolute Gasteiger partial charge is 0.226 e. The molecule has 1 aromatic carbocycles. The summed E-state index contributed by atoms with van der Waals surface area (Å²) in [7, 11) is 0. The number of benzene rings is 1. The van der Waals surface area contributed by atoms with Crippen LogP contribution < -0.4 is 10.2 Å². The van der Waals surface area contributed by atoms with Crippen molar-refractivity contribution in [2.24, 2.45) is 5.92 Å². The van der Waals surface area contributed by atoms with Crippen molar-refractivity contribution in [1.29, 1.82) is 0 Å². The number of carbonyl (C=O) groups is 1. The van der Waals surface area contributed by atoms with Crippen molar-refractivity contribution in [3.63, 3.8) is 0 Å². The quantitative estimate of drug-likeness (QED) is 0.899. The van der Waals surface area contributed by atoms with E-state index in [2.05, 4.69) is 48.3 Å². The summed E-state index contributed by atoms with van der Waals surface area (Å²) in [5, 5.41) is 3.25. The molecule has 0 radical (unpaired) electrons. The van der Waals surface area contributed by atoms with Gasteiger partial charge in [0.15, 0.2) is 0 Å². The summed E-state index contributed by atoms with van der Waals surface area (Å²) in [6.45, 7) is 11.4. The lowest BCUT2D eigenvalue weighted by Gasteiger charge is -2.37. The minimum atomic E-state index is 0.0652. The normalized spacial score (nSPS) is 16.9. The zero-order valence-corrected chi connectivity index (χ0v) is 13.4. The highest BCUT2D eigenvalue weighted by Crippen LogP contribution is 2.18. The molecule has 4 heteroatoms. The molecule has 1 fully saturated rings. The topological polar surface area (TPSA) is 35.6 Å². The first-order valence-electron chi connectivity index (χ1n) is 7.93. The van der Waals surface area contributed by atoms with E-state index in [0.717, 1.165) is 39.3 Å². The van der Waals surface area contributed by atoms with Crippen molar-refractivity contribution < 1.29 is 4.79 Å². The molecule has 0 spiro atoms. The fraction of sp³-hybridized carbons (Fsp3) is 0.588. The maximum atomic E-state index is 12.4. The van der Waals surface area contributed by atoms with Crippen LogP contribution in [0.5, 0.6) is 0 Å². The van der Waals surface area contributed by atoms with Crippen LogP contribution in [-0.2, 0) is 4.79 Å². The van der Waals surface area contributed by atoms with E-state index < -0.39 is 0 Å². The van der Waals surface area contributed by atoms with Crippen LogP contribution in [0.25, 0.3) is 0 Å². The molecule has 1 amide bonds. The fourth-order valence-corrected chi connectivity index (χ4v) is 2.77. The molecule has 1 aliphatic rings.